The van der Waals surface area contributed by atoms with Crippen molar-refractivity contribution in [3.63, 3.8) is 0 Å². The minimum atomic E-state index is -0.152. The highest BCUT2D eigenvalue weighted by atomic mass is 35.5. The number of esters is 1. The maximum Gasteiger partial charge on any atom is 0.310 e. The molecule has 0 radical (unpaired) electrons. The Morgan fingerprint density at radius 3 is 2.39 bits per heavy atom. The van der Waals surface area contributed by atoms with Gasteiger partial charge in [-0.05, 0) is 24.1 Å². The average Bonchev–Trinajstić information content (AvgIpc) is 2.57. The topological polar surface area (TPSA) is 38.3 Å². The summed E-state index contributed by atoms with van der Waals surface area (Å²) >= 11 is 0. The SMILES string of the molecule is Cl.O=C(Cc1ccccc1)O[C@H]1CNCC[C@@H]1c1ccccc1. The van der Waals surface area contributed by atoms with Crippen molar-refractivity contribution < 1.29 is 9.53 Å². The molecular formula is C19H22ClNO2. The molecular weight excluding hydrogens is 310 g/mol. The lowest BCUT2D eigenvalue weighted by Crippen LogP contribution is -2.42. The van der Waals surface area contributed by atoms with Crippen LogP contribution in [0.1, 0.15) is 23.5 Å². The van der Waals surface area contributed by atoms with E-state index in [0.29, 0.717) is 6.42 Å². The molecule has 23 heavy (non-hydrogen) atoms. The summed E-state index contributed by atoms with van der Waals surface area (Å²) in [6, 6.07) is 20.1. The highest BCUT2D eigenvalue weighted by Gasteiger charge is 2.29. The Kier molecular flexibility index (Phi) is 6.63. The second-order valence-electron chi connectivity index (χ2n) is 5.70. The molecule has 0 bridgehead atoms. The first kappa shape index (κ1) is 17.5. The number of halogens is 1. The van der Waals surface area contributed by atoms with Crippen LogP contribution in [0, 0.1) is 0 Å². The van der Waals surface area contributed by atoms with Gasteiger partial charge in [-0.2, -0.15) is 0 Å². The fraction of sp³-hybridized carbons (Fsp3) is 0.316. The van der Waals surface area contributed by atoms with E-state index in [2.05, 4.69) is 17.4 Å². The number of rotatable bonds is 4. The van der Waals surface area contributed by atoms with Crippen LogP contribution in [0.15, 0.2) is 60.7 Å². The van der Waals surface area contributed by atoms with Crippen molar-refractivity contribution in [1.29, 1.82) is 0 Å². The molecule has 1 fully saturated rings. The van der Waals surface area contributed by atoms with Gasteiger partial charge in [-0.3, -0.25) is 4.79 Å². The Morgan fingerprint density at radius 1 is 1.04 bits per heavy atom. The van der Waals surface area contributed by atoms with Crippen molar-refractivity contribution in [2.24, 2.45) is 0 Å². The molecule has 2 aromatic carbocycles. The molecule has 1 heterocycles. The zero-order valence-electron chi connectivity index (χ0n) is 13.0. The largest absolute Gasteiger partial charge is 0.460 e. The van der Waals surface area contributed by atoms with Crippen LogP contribution in [0.25, 0.3) is 0 Å². The molecule has 2 atom stereocenters. The molecule has 1 aliphatic heterocycles. The second-order valence-corrected chi connectivity index (χ2v) is 5.70. The third-order valence-corrected chi connectivity index (χ3v) is 4.13. The number of carbonyl (C=O) groups excluding carboxylic acids is 1. The van der Waals surface area contributed by atoms with Gasteiger partial charge in [0.25, 0.3) is 0 Å². The summed E-state index contributed by atoms with van der Waals surface area (Å²) in [6.07, 6.45) is 1.24. The first-order valence-corrected chi connectivity index (χ1v) is 7.82. The fourth-order valence-electron chi connectivity index (χ4n) is 3.01. The minimum Gasteiger partial charge on any atom is -0.460 e. The molecule has 4 heteroatoms. The van der Waals surface area contributed by atoms with E-state index in [9.17, 15) is 4.79 Å². The average molecular weight is 332 g/mol. The van der Waals surface area contributed by atoms with E-state index in [1.54, 1.807) is 0 Å². The van der Waals surface area contributed by atoms with Gasteiger partial charge in [0.15, 0.2) is 0 Å². The lowest BCUT2D eigenvalue weighted by molar-refractivity contribution is -0.150. The molecule has 122 valence electrons. The van der Waals surface area contributed by atoms with Gasteiger partial charge in [0.2, 0.25) is 0 Å². The van der Waals surface area contributed by atoms with Crippen LogP contribution in [0.2, 0.25) is 0 Å². The van der Waals surface area contributed by atoms with E-state index < -0.39 is 0 Å². The molecule has 3 nitrogen and oxygen atoms in total. The van der Waals surface area contributed by atoms with E-state index in [4.69, 9.17) is 4.74 Å². The number of hydrogen-bond acceptors (Lipinski definition) is 3. The van der Waals surface area contributed by atoms with Gasteiger partial charge in [0.05, 0.1) is 6.42 Å². The highest BCUT2D eigenvalue weighted by molar-refractivity contribution is 5.85. The van der Waals surface area contributed by atoms with Gasteiger partial charge in [0, 0.05) is 12.5 Å². The Morgan fingerprint density at radius 2 is 1.70 bits per heavy atom. The van der Waals surface area contributed by atoms with Crippen LogP contribution in [0.5, 0.6) is 0 Å². The third-order valence-electron chi connectivity index (χ3n) is 4.13. The predicted octanol–water partition coefficient (Wildman–Crippen LogP) is 3.34. The third kappa shape index (κ3) is 4.81. The first-order chi connectivity index (χ1) is 10.8. The Labute approximate surface area is 143 Å². The van der Waals surface area contributed by atoms with Crippen LogP contribution in [-0.4, -0.2) is 25.2 Å². The summed E-state index contributed by atoms with van der Waals surface area (Å²) in [6.45, 7) is 1.69. The smallest absolute Gasteiger partial charge is 0.310 e. The van der Waals surface area contributed by atoms with Crippen molar-refractivity contribution in [2.75, 3.05) is 13.1 Å². The fourth-order valence-corrected chi connectivity index (χ4v) is 3.01. The van der Waals surface area contributed by atoms with Crippen molar-refractivity contribution >= 4 is 18.4 Å². The van der Waals surface area contributed by atoms with Crippen LogP contribution in [0.3, 0.4) is 0 Å². The quantitative estimate of drug-likeness (QED) is 0.873. The van der Waals surface area contributed by atoms with Crippen LogP contribution in [0.4, 0.5) is 0 Å². The van der Waals surface area contributed by atoms with Gasteiger partial charge in [-0.1, -0.05) is 60.7 Å². The number of piperidine rings is 1. The molecule has 0 amide bonds. The minimum absolute atomic E-state index is 0. The van der Waals surface area contributed by atoms with Crippen molar-refractivity contribution in [2.45, 2.75) is 24.9 Å². The van der Waals surface area contributed by atoms with Gasteiger partial charge < -0.3 is 10.1 Å². The molecule has 0 unspecified atom stereocenters. The van der Waals surface area contributed by atoms with Crippen molar-refractivity contribution in [3.8, 4) is 0 Å². The summed E-state index contributed by atoms with van der Waals surface area (Å²) in [4.78, 5) is 12.2. The van der Waals surface area contributed by atoms with Crippen molar-refractivity contribution in [1.82, 2.24) is 5.32 Å². The summed E-state index contributed by atoms with van der Waals surface area (Å²) in [5.41, 5.74) is 2.24. The molecule has 2 aromatic rings. The van der Waals surface area contributed by atoms with Gasteiger partial charge >= 0.3 is 5.97 Å². The normalized spacial score (nSPS) is 20.3. The maximum absolute atomic E-state index is 12.2. The Balaban J connectivity index is 0.00000192. The molecule has 1 aliphatic rings. The zero-order valence-corrected chi connectivity index (χ0v) is 13.8. The molecule has 0 aromatic heterocycles. The molecule has 3 rings (SSSR count). The van der Waals surface area contributed by atoms with Crippen LogP contribution in [-0.2, 0) is 16.0 Å². The van der Waals surface area contributed by atoms with Crippen molar-refractivity contribution in [3.05, 3.63) is 71.8 Å². The van der Waals surface area contributed by atoms with Gasteiger partial charge in [-0.15, -0.1) is 12.4 Å². The van der Waals surface area contributed by atoms with Gasteiger partial charge in [-0.25, -0.2) is 0 Å². The summed E-state index contributed by atoms with van der Waals surface area (Å²) in [5, 5.41) is 3.33. The van der Waals surface area contributed by atoms with Crippen LogP contribution < -0.4 is 5.32 Å². The van der Waals surface area contributed by atoms with Crippen LogP contribution >= 0.6 is 12.4 Å². The second kappa shape index (κ2) is 8.70. The standard InChI is InChI=1S/C19H21NO2.ClH/c21-19(13-15-7-3-1-4-8-15)22-18-14-20-12-11-17(18)16-9-5-2-6-10-16;/h1-10,17-18,20H,11-14H2;1H/t17-,18+;/m1./s1. The van der Waals surface area contributed by atoms with Gasteiger partial charge in [0.1, 0.15) is 6.10 Å². The van der Waals surface area contributed by atoms with E-state index in [-0.39, 0.29) is 30.4 Å². The predicted molar refractivity (Wildman–Crippen MR) is 93.9 cm³/mol. The molecule has 1 N–H and O–H groups in total. The monoisotopic (exact) mass is 331 g/mol. The Bertz CT molecular complexity index is 603. The first-order valence-electron chi connectivity index (χ1n) is 7.82. The number of benzene rings is 2. The van der Waals surface area contributed by atoms with E-state index in [0.717, 1.165) is 25.1 Å². The van der Waals surface area contributed by atoms with E-state index >= 15 is 0 Å². The summed E-state index contributed by atoms with van der Waals surface area (Å²) in [5.74, 6) is 0.128. The summed E-state index contributed by atoms with van der Waals surface area (Å²) < 4.78 is 5.76. The lowest BCUT2D eigenvalue weighted by Gasteiger charge is -2.32. The lowest BCUT2D eigenvalue weighted by atomic mass is 9.88. The molecule has 0 aliphatic carbocycles. The highest BCUT2D eigenvalue weighted by Crippen LogP contribution is 2.27. The zero-order chi connectivity index (χ0) is 15.2. The van der Waals surface area contributed by atoms with E-state index in [1.165, 1.54) is 5.56 Å². The Hall–Kier alpha value is -1.84. The maximum atomic E-state index is 12.2. The molecule has 1 saturated heterocycles. The molecule has 0 spiro atoms. The molecule has 0 saturated carbocycles. The summed E-state index contributed by atoms with van der Waals surface area (Å²) in [7, 11) is 0. The number of hydrogen-bond donors (Lipinski definition) is 1. The number of carbonyl (C=O) groups is 1. The van der Waals surface area contributed by atoms with E-state index in [1.807, 2.05) is 48.5 Å². The number of nitrogens with one attached hydrogen (secondary N) is 1. The number of ether oxygens (including phenoxy) is 1.